The second-order valence-electron chi connectivity index (χ2n) is 5.37. The quantitative estimate of drug-likeness (QED) is 0.832. The zero-order valence-electron chi connectivity index (χ0n) is 10.9. The summed E-state index contributed by atoms with van der Waals surface area (Å²) in [5.41, 5.74) is 0.100. The highest BCUT2D eigenvalue weighted by Gasteiger charge is 2.41. The highest BCUT2D eigenvalue weighted by atomic mass is 16.7. The summed E-state index contributed by atoms with van der Waals surface area (Å²) in [5.74, 6) is 0.661. The van der Waals surface area contributed by atoms with Crippen LogP contribution in [0.15, 0.2) is 18.2 Å². The van der Waals surface area contributed by atoms with Crippen molar-refractivity contribution in [3.63, 3.8) is 0 Å². The highest BCUT2D eigenvalue weighted by molar-refractivity contribution is 5.81. The summed E-state index contributed by atoms with van der Waals surface area (Å²) in [7, 11) is 0. The van der Waals surface area contributed by atoms with Gasteiger partial charge in [-0.25, -0.2) is 0 Å². The predicted octanol–water partition coefficient (Wildman–Crippen LogP) is 3.09. The van der Waals surface area contributed by atoms with E-state index in [-0.39, 0.29) is 6.79 Å². The second kappa shape index (κ2) is 4.76. The molecule has 1 N–H and O–H groups in total. The van der Waals surface area contributed by atoms with E-state index >= 15 is 0 Å². The first-order valence-corrected chi connectivity index (χ1v) is 6.86. The zero-order chi connectivity index (χ0) is 13.3. The van der Waals surface area contributed by atoms with Crippen molar-refractivity contribution in [2.24, 2.45) is 0 Å². The van der Waals surface area contributed by atoms with Crippen LogP contribution in [0.3, 0.4) is 0 Å². The van der Waals surface area contributed by atoms with E-state index in [1.807, 2.05) is 18.2 Å². The van der Waals surface area contributed by atoms with Crippen molar-refractivity contribution in [1.29, 1.82) is 0 Å². The summed E-state index contributed by atoms with van der Waals surface area (Å²) in [6, 6.07) is 5.56. The van der Waals surface area contributed by atoms with Crippen LogP contribution in [0.5, 0.6) is 11.5 Å². The van der Waals surface area contributed by atoms with Gasteiger partial charge >= 0.3 is 5.97 Å². The number of ether oxygens (including phenoxy) is 2. The number of benzene rings is 1. The molecular weight excluding hydrogens is 244 g/mol. The number of carboxylic acid groups (broad SMARTS) is 1. The molecule has 1 heterocycles. The minimum Gasteiger partial charge on any atom is -0.481 e. The smallest absolute Gasteiger partial charge is 0.314 e. The maximum atomic E-state index is 11.9. The van der Waals surface area contributed by atoms with Gasteiger partial charge in [0.25, 0.3) is 0 Å². The Labute approximate surface area is 112 Å². The Balaban J connectivity index is 2.02. The average molecular weight is 262 g/mol. The molecule has 0 amide bonds. The van der Waals surface area contributed by atoms with Gasteiger partial charge in [-0.1, -0.05) is 31.7 Å². The van der Waals surface area contributed by atoms with E-state index in [9.17, 15) is 9.90 Å². The van der Waals surface area contributed by atoms with Gasteiger partial charge in [0.05, 0.1) is 5.41 Å². The Morgan fingerprint density at radius 2 is 1.74 bits per heavy atom. The summed E-state index contributed by atoms with van der Waals surface area (Å²) in [5, 5.41) is 9.74. The Morgan fingerprint density at radius 3 is 2.42 bits per heavy atom. The molecular formula is C15H18O4. The molecule has 4 heteroatoms. The Bertz CT molecular complexity index is 487. The summed E-state index contributed by atoms with van der Waals surface area (Å²) in [6.07, 6.45) is 5.62. The Kier molecular flexibility index (Phi) is 3.09. The summed E-state index contributed by atoms with van der Waals surface area (Å²) >= 11 is 0. The first-order chi connectivity index (χ1) is 9.22. The number of carboxylic acids is 1. The van der Waals surface area contributed by atoms with Gasteiger partial charge in [0.15, 0.2) is 11.5 Å². The van der Waals surface area contributed by atoms with Crippen LogP contribution in [0.25, 0.3) is 0 Å². The van der Waals surface area contributed by atoms with E-state index < -0.39 is 11.4 Å². The van der Waals surface area contributed by atoms with Gasteiger partial charge in [0.2, 0.25) is 6.79 Å². The number of carbonyl (C=O) groups is 1. The molecule has 0 unspecified atom stereocenters. The molecule has 4 nitrogen and oxygen atoms in total. The number of fused-ring (bicyclic) bond motifs is 1. The SMILES string of the molecule is O=C(O)C1(c2ccc3c(c2)OCO3)CCCCCC1. The maximum absolute atomic E-state index is 11.9. The first kappa shape index (κ1) is 12.3. The molecule has 3 rings (SSSR count). The van der Waals surface area contributed by atoms with Crippen molar-refractivity contribution >= 4 is 5.97 Å². The van der Waals surface area contributed by atoms with Gasteiger partial charge in [0.1, 0.15) is 0 Å². The van der Waals surface area contributed by atoms with Gasteiger partial charge < -0.3 is 14.6 Å². The van der Waals surface area contributed by atoms with Crippen LogP contribution in [0.4, 0.5) is 0 Å². The van der Waals surface area contributed by atoms with E-state index in [2.05, 4.69) is 0 Å². The van der Waals surface area contributed by atoms with Gasteiger partial charge in [-0.05, 0) is 30.5 Å². The molecule has 1 aliphatic heterocycles. The molecule has 1 aromatic rings. The summed E-state index contributed by atoms with van der Waals surface area (Å²) in [6.45, 7) is 0.221. The lowest BCUT2D eigenvalue weighted by molar-refractivity contribution is -0.144. The second-order valence-corrected chi connectivity index (χ2v) is 5.37. The standard InChI is InChI=1S/C15H18O4/c16-14(17)15(7-3-1-2-4-8-15)11-5-6-12-13(9-11)19-10-18-12/h5-6,9H,1-4,7-8,10H2,(H,16,17). The molecule has 0 spiro atoms. The van der Waals surface area contributed by atoms with Crippen molar-refractivity contribution in [3.05, 3.63) is 23.8 Å². The molecule has 0 saturated heterocycles. The van der Waals surface area contributed by atoms with Crippen molar-refractivity contribution in [1.82, 2.24) is 0 Å². The summed E-state index contributed by atoms with van der Waals surface area (Å²) < 4.78 is 10.7. The molecule has 1 aliphatic carbocycles. The average Bonchev–Trinajstić information content (AvgIpc) is 2.72. The number of hydrogen-bond donors (Lipinski definition) is 1. The van der Waals surface area contributed by atoms with Crippen LogP contribution in [-0.2, 0) is 10.2 Å². The number of aliphatic carboxylic acids is 1. The maximum Gasteiger partial charge on any atom is 0.314 e. The molecule has 19 heavy (non-hydrogen) atoms. The fourth-order valence-electron chi connectivity index (χ4n) is 3.15. The zero-order valence-corrected chi connectivity index (χ0v) is 10.9. The van der Waals surface area contributed by atoms with Crippen molar-refractivity contribution < 1.29 is 19.4 Å². The Hall–Kier alpha value is -1.71. The van der Waals surface area contributed by atoms with E-state index in [0.717, 1.165) is 31.2 Å². The first-order valence-electron chi connectivity index (χ1n) is 6.86. The van der Waals surface area contributed by atoms with Crippen LogP contribution in [0.2, 0.25) is 0 Å². The molecule has 0 bridgehead atoms. The molecule has 1 aromatic carbocycles. The Morgan fingerprint density at radius 1 is 1.05 bits per heavy atom. The minimum atomic E-state index is -0.752. The lowest BCUT2D eigenvalue weighted by atomic mass is 9.74. The van der Waals surface area contributed by atoms with Crippen molar-refractivity contribution in [3.8, 4) is 11.5 Å². The normalized spacial score (nSPS) is 20.8. The van der Waals surface area contributed by atoms with E-state index in [4.69, 9.17) is 9.47 Å². The molecule has 1 saturated carbocycles. The third-order valence-electron chi connectivity index (χ3n) is 4.29. The minimum absolute atomic E-state index is 0.221. The van der Waals surface area contributed by atoms with Crippen LogP contribution >= 0.6 is 0 Å². The predicted molar refractivity (Wildman–Crippen MR) is 69.6 cm³/mol. The van der Waals surface area contributed by atoms with Gasteiger partial charge in [0, 0.05) is 0 Å². The van der Waals surface area contributed by atoms with Crippen LogP contribution in [-0.4, -0.2) is 17.9 Å². The third kappa shape index (κ3) is 2.05. The molecule has 0 atom stereocenters. The number of rotatable bonds is 2. The fourth-order valence-corrected chi connectivity index (χ4v) is 3.15. The summed E-state index contributed by atoms with van der Waals surface area (Å²) in [4.78, 5) is 11.9. The van der Waals surface area contributed by atoms with Crippen LogP contribution in [0.1, 0.15) is 44.1 Å². The highest BCUT2D eigenvalue weighted by Crippen LogP contribution is 2.42. The van der Waals surface area contributed by atoms with Crippen molar-refractivity contribution in [2.75, 3.05) is 6.79 Å². The van der Waals surface area contributed by atoms with E-state index in [1.54, 1.807) is 0 Å². The molecule has 0 aromatic heterocycles. The molecule has 0 radical (unpaired) electrons. The van der Waals surface area contributed by atoms with Gasteiger partial charge in [-0.15, -0.1) is 0 Å². The van der Waals surface area contributed by atoms with Gasteiger partial charge in [-0.2, -0.15) is 0 Å². The number of hydrogen-bond acceptors (Lipinski definition) is 3. The molecule has 1 fully saturated rings. The largest absolute Gasteiger partial charge is 0.481 e. The van der Waals surface area contributed by atoms with Crippen LogP contribution in [0, 0.1) is 0 Å². The molecule has 2 aliphatic rings. The lowest BCUT2D eigenvalue weighted by Crippen LogP contribution is -2.35. The van der Waals surface area contributed by atoms with Gasteiger partial charge in [-0.3, -0.25) is 4.79 Å². The van der Waals surface area contributed by atoms with E-state index in [0.29, 0.717) is 24.3 Å². The topological polar surface area (TPSA) is 55.8 Å². The third-order valence-corrected chi connectivity index (χ3v) is 4.29. The molecule has 102 valence electrons. The fraction of sp³-hybridized carbons (Fsp3) is 0.533. The monoisotopic (exact) mass is 262 g/mol. The van der Waals surface area contributed by atoms with Crippen LogP contribution < -0.4 is 9.47 Å². The van der Waals surface area contributed by atoms with Crippen molar-refractivity contribution in [2.45, 2.75) is 43.9 Å². The van der Waals surface area contributed by atoms with E-state index in [1.165, 1.54) is 0 Å². The lowest BCUT2D eigenvalue weighted by Gasteiger charge is -2.28.